The van der Waals surface area contributed by atoms with E-state index in [9.17, 15) is 32.4 Å². The maximum absolute atomic E-state index is 13.4. The molecule has 2 amide bonds. The fraction of sp³-hybridized carbons (Fsp3) is 0.514. The number of carbonyl (C=O) groups is 3. The zero-order chi connectivity index (χ0) is 40.0. The zero-order valence-electron chi connectivity index (χ0n) is 31.5. The second-order valence-electron chi connectivity index (χ2n) is 13.2. The molecule has 55 heavy (non-hydrogen) atoms. The van der Waals surface area contributed by atoms with Crippen LogP contribution in [0.5, 0.6) is 5.75 Å². The summed E-state index contributed by atoms with van der Waals surface area (Å²) in [5.41, 5.74) is 1.93. The minimum absolute atomic E-state index is 0.0568. The molecule has 7 N–H and O–H groups in total. The highest BCUT2D eigenvalue weighted by molar-refractivity contribution is 7.91. The minimum Gasteiger partial charge on any atom is -0.494 e. The summed E-state index contributed by atoms with van der Waals surface area (Å²) in [4.78, 5) is 65.5. The van der Waals surface area contributed by atoms with Crippen LogP contribution in [0.4, 0.5) is 17.2 Å². The van der Waals surface area contributed by atoms with Gasteiger partial charge in [-0.3, -0.25) is 24.5 Å². The number of hydrogen-bond donors (Lipinski definition) is 7. The van der Waals surface area contributed by atoms with Gasteiger partial charge in [-0.2, -0.15) is 0 Å². The Bertz CT molecular complexity index is 1970. The van der Waals surface area contributed by atoms with Gasteiger partial charge in [0.1, 0.15) is 28.8 Å². The number of pyridine rings is 1. The van der Waals surface area contributed by atoms with Crippen LogP contribution in [-0.4, -0.2) is 94.8 Å². The number of aliphatic hydroxyl groups is 1. The van der Waals surface area contributed by atoms with Crippen molar-refractivity contribution >= 4 is 44.8 Å². The molecule has 1 aromatic heterocycles. The maximum atomic E-state index is 13.4. The van der Waals surface area contributed by atoms with Crippen molar-refractivity contribution in [2.24, 2.45) is 0 Å². The van der Waals surface area contributed by atoms with E-state index in [0.29, 0.717) is 42.6 Å². The van der Waals surface area contributed by atoms with Crippen molar-refractivity contribution in [2.75, 3.05) is 68.3 Å². The van der Waals surface area contributed by atoms with Gasteiger partial charge in [-0.15, -0.1) is 0 Å². The standard InChI is InChI=1S/C37H51N7O10S/c1-23-20-27(54-19-7-11-28(46)38-15-16-39-30-31(40-17-18-45)33(49)32(30)48)21-24(2)34(23)55(51,52)22-42-36(37(50)53-3)44-29(47)10-5-4-9-26-13-12-25-8-6-14-41-35(25)43-26/h12-13,20-21,36,39-40,42,45H,4-11,14-19,22H2,1-3H3,(H,38,46)(H,41,43)(H,44,47). The summed E-state index contributed by atoms with van der Waals surface area (Å²) in [6.07, 6.45) is 3.32. The smallest absolute Gasteiger partial charge is 0.343 e. The molecule has 1 atom stereocenters. The van der Waals surface area contributed by atoms with Crippen LogP contribution in [0.25, 0.3) is 0 Å². The van der Waals surface area contributed by atoms with Crippen molar-refractivity contribution in [3.8, 4) is 5.75 Å². The molecule has 0 saturated carbocycles. The van der Waals surface area contributed by atoms with E-state index in [1.807, 2.05) is 6.07 Å². The summed E-state index contributed by atoms with van der Waals surface area (Å²) in [5, 5.41) is 25.6. The molecule has 0 aliphatic carbocycles. The highest BCUT2D eigenvalue weighted by Crippen LogP contribution is 2.27. The van der Waals surface area contributed by atoms with Crippen LogP contribution in [0.1, 0.15) is 60.9 Å². The first kappa shape index (κ1) is 42.7. The number of esters is 1. The average Bonchev–Trinajstić information content (AvgIpc) is 3.16. The minimum atomic E-state index is -3.98. The Hall–Kier alpha value is -5.07. The van der Waals surface area contributed by atoms with Crippen LogP contribution in [0.3, 0.4) is 0 Å². The summed E-state index contributed by atoms with van der Waals surface area (Å²) >= 11 is 0. The Morgan fingerprint density at radius 2 is 1.64 bits per heavy atom. The van der Waals surface area contributed by atoms with E-state index >= 15 is 0 Å². The van der Waals surface area contributed by atoms with Gasteiger partial charge < -0.3 is 41.2 Å². The lowest BCUT2D eigenvalue weighted by Gasteiger charge is -2.19. The number of anilines is 3. The first-order valence-electron chi connectivity index (χ1n) is 18.3. The number of aromatic nitrogens is 1. The quantitative estimate of drug-likeness (QED) is 0.0304. The number of methoxy groups -OCH3 is 1. The normalized spacial score (nSPS) is 12.9. The van der Waals surface area contributed by atoms with Crippen LogP contribution in [0.2, 0.25) is 0 Å². The van der Waals surface area contributed by atoms with E-state index in [1.165, 1.54) is 5.56 Å². The highest BCUT2D eigenvalue weighted by Gasteiger charge is 2.27. The fourth-order valence-electron chi connectivity index (χ4n) is 6.20. The van der Waals surface area contributed by atoms with Gasteiger partial charge in [0.15, 0.2) is 16.0 Å². The van der Waals surface area contributed by atoms with Crippen molar-refractivity contribution in [1.82, 2.24) is 20.9 Å². The number of amides is 2. The van der Waals surface area contributed by atoms with Crippen LogP contribution in [0, 0.1) is 13.8 Å². The van der Waals surface area contributed by atoms with E-state index in [4.69, 9.17) is 14.6 Å². The number of benzene rings is 1. The lowest BCUT2D eigenvalue weighted by atomic mass is 10.1. The molecular weight excluding hydrogens is 735 g/mol. The number of carbonyl (C=O) groups excluding carboxylic acids is 3. The molecule has 0 bridgehead atoms. The number of nitrogens with one attached hydrogen (secondary N) is 6. The summed E-state index contributed by atoms with van der Waals surface area (Å²) in [6.45, 7) is 4.70. The number of ether oxygens (including phenoxy) is 2. The lowest BCUT2D eigenvalue weighted by molar-refractivity contribution is -0.146. The van der Waals surface area contributed by atoms with Crippen LogP contribution >= 0.6 is 0 Å². The number of unbranched alkanes of at least 4 members (excludes halogenated alkanes) is 1. The van der Waals surface area contributed by atoms with Gasteiger partial charge in [-0.25, -0.2) is 18.2 Å². The molecule has 3 aromatic rings. The molecule has 0 fully saturated rings. The van der Waals surface area contributed by atoms with Gasteiger partial charge in [-0.05, 0) is 87.3 Å². The number of sulfone groups is 1. The van der Waals surface area contributed by atoms with E-state index in [0.717, 1.165) is 38.0 Å². The average molecular weight is 786 g/mol. The van der Waals surface area contributed by atoms with Gasteiger partial charge in [0.05, 0.1) is 25.2 Å². The third kappa shape index (κ3) is 12.2. The van der Waals surface area contributed by atoms with Gasteiger partial charge in [0, 0.05) is 44.7 Å². The fourth-order valence-corrected chi connectivity index (χ4v) is 7.83. The van der Waals surface area contributed by atoms with Gasteiger partial charge in [0.25, 0.3) is 10.9 Å². The molecule has 1 aliphatic rings. The first-order chi connectivity index (χ1) is 26.3. The van der Waals surface area contributed by atoms with E-state index in [2.05, 4.69) is 43.0 Å². The van der Waals surface area contributed by atoms with Crippen molar-refractivity contribution in [1.29, 1.82) is 0 Å². The van der Waals surface area contributed by atoms with Gasteiger partial charge in [0.2, 0.25) is 11.8 Å². The van der Waals surface area contributed by atoms with Gasteiger partial charge >= 0.3 is 5.97 Å². The SMILES string of the molecule is COC(=O)C(NCS(=O)(=O)c1c(C)cc(OCCCC(=O)NCCNc2c(NCCO)c(=O)c2=O)cc1C)NC(=O)CCCCc1ccc2c(n1)NCCC2. The third-order valence-electron chi connectivity index (χ3n) is 8.89. The third-order valence-corrected chi connectivity index (χ3v) is 10.7. The Morgan fingerprint density at radius 3 is 2.33 bits per heavy atom. The topological polar surface area (TPSA) is 243 Å². The Kier molecular flexibility index (Phi) is 16.0. The maximum Gasteiger partial charge on any atom is 0.343 e. The largest absolute Gasteiger partial charge is 0.494 e. The molecule has 300 valence electrons. The van der Waals surface area contributed by atoms with Crippen LogP contribution in [0.15, 0.2) is 38.8 Å². The van der Waals surface area contributed by atoms with Crippen molar-refractivity contribution < 1.29 is 37.4 Å². The van der Waals surface area contributed by atoms with Crippen LogP contribution < -0.4 is 47.5 Å². The van der Waals surface area contributed by atoms with Crippen molar-refractivity contribution in [3.63, 3.8) is 0 Å². The highest BCUT2D eigenvalue weighted by atomic mass is 32.2. The predicted octanol–water partition coefficient (Wildman–Crippen LogP) is 0.793. The zero-order valence-corrected chi connectivity index (χ0v) is 32.3. The van der Waals surface area contributed by atoms with Crippen molar-refractivity contribution in [3.05, 3.63) is 67.1 Å². The molecule has 1 unspecified atom stereocenters. The molecule has 2 heterocycles. The van der Waals surface area contributed by atoms with E-state index in [1.54, 1.807) is 26.0 Å². The van der Waals surface area contributed by atoms with Crippen molar-refractivity contribution in [2.45, 2.75) is 76.3 Å². The number of nitrogens with zero attached hydrogens (tertiary/aromatic N) is 1. The second kappa shape index (κ2) is 20.6. The predicted molar refractivity (Wildman–Crippen MR) is 207 cm³/mol. The second-order valence-corrected chi connectivity index (χ2v) is 15.1. The van der Waals surface area contributed by atoms with Crippen LogP contribution in [-0.2, 0) is 41.8 Å². The number of rotatable bonds is 23. The Balaban J connectivity index is 1.18. The Morgan fingerprint density at radius 1 is 0.945 bits per heavy atom. The number of fused-ring (bicyclic) bond motifs is 1. The number of hydrogen-bond acceptors (Lipinski definition) is 15. The molecule has 0 saturated heterocycles. The molecule has 17 nitrogen and oxygen atoms in total. The molecule has 0 spiro atoms. The molecule has 2 aromatic carbocycles. The number of aliphatic hydroxyl groups excluding tert-OH is 1. The van der Waals surface area contributed by atoms with E-state index < -0.39 is 44.6 Å². The Labute approximate surface area is 320 Å². The summed E-state index contributed by atoms with van der Waals surface area (Å²) in [5.74, 6) is -0.811. The molecule has 18 heteroatoms. The summed E-state index contributed by atoms with van der Waals surface area (Å²) in [7, 11) is -2.83. The summed E-state index contributed by atoms with van der Waals surface area (Å²) in [6, 6.07) is 7.24. The first-order valence-corrected chi connectivity index (χ1v) is 20.0. The summed E-state index contributed by atoms with van der Waals surface area (Å²) < 4.78 is 37.5. The molecule has 1 aliphatic heterocycles. The molecular formula is C37H51N7O10S. The molecule has 0 radical (unpaired) electrons. The number of aryl methyl sites for hydroxylation is 4. The monoisotopic (exact) mass is 785 g/mol. The van der Waals surface area contributed by atoms with E-state index in [-0.39, 0.29) is 67.9 Å². The van der Waals surface area contributed by atoms with Gasteiger partial charge in [-0.1, -0.05) is 6.07 Å². The lowest BCUT2D eigenvalue weighted by Crippen LogP contribution is -2.52. The molecule has 4 rings (SSSR count).